The van der Waals surface area contributed by atoms with Crippen LogP contribution in [0, 0.1) is 6.92 Å². The van der Waals surface area contributed by atoms with E-state index in [1.807, 2.05) is 6.92 Å². The van der Waals surface area contributed by atoms with E-state index in [1.54, 1.807) is 0 Å². The summed E-state index contributed by atoms with van der Waals surface area (Å²) in [5.74, 6) is 2.05. The molecule has 1 aromatic rings. The minimum atomic E-state index is 0.253. The molecule has 2 rings (SSSR count). The molecule has 0 radical (unpaired) electrons. The van der Waals surface area contributed by atoms with E-state index < -0.39 is 0 Å². The quantitative estimate of drug-likeness (QED) is 0.782. The highest BCUT2D eigenvalue weighted by atomic mass is 16.3. The minimum absolute atomic E-state index is 0.253. The third kappa shape index (κ3) is 3.07. The molecule has 0 aliphatic carbocycles. The van der Waals surface area contributed by atoms with Crippen molar-refractivity contribution in [3.8, 4) is 0 Å². The largest absolute Gasteiger partial charge is 0.395 e. The number of aryl methyl sites for hydroxylation is 1. The van der Waals surface area contributed by atoms with Crippen LogP contribution in [0.3, 0.4) is 0 Å². The molecule has 0 bridgehead atoms. The Kier molecular flexibility index (Phi) is 4.68. The Morgan fingerprint density at radius 3 is 2.39 bits per heavy atom. The summed E-state index contributed by atoms with van der Waals surface area (Å²) < 4.78 is 2.17. The molecule has 0 spiro atoms. The SMILES string of the molecule is CCn1c(C)nnc1CN1CCN(CCO)CC1. The number of rotatable bonds is 5. The van der Waals surface area contributed by atoms with E-state index in [4.69, 9.17) is 5.11 Å². The Bertz CT molecular complexity index is 371. The van der Waals surface area contributed by atoms with E-state index in [0.717, 1.165) is 57.5 Å². The Morgan fingerprint density at radius 2 is 1.78 bits per heavy atom. The first-order valence-corrected chi connectivity index (χ1v) is 6.68. The topological polar surface area (TPSA) is 57.4 Å². The maximum Gasteiger partial charge on any atom is 0.147 e. The first-order chi connectivity index (χ1) is 8.74. The van der Waals surface area contributed by atoms with Gasteiger partial charge in [0.1, 0.15) is 11.6 Å². The van der Waals surface area contributed by atoms with Gasteiger partial charge in [-0.2, -0.15) is 0 Å². The van der Waals surface area contributed by atoms with Gasteiger partial charge < -0.3 is 9.67 Å². The molecule has 0 unspecified atom stereocenters. The Morgan fingerprint density at radius 1 is 1.11 bits per heavy atom. The van der Waals surface area contributed by atoms with Gasteiger partial charge in [0.15, 0.2) is 0 Å². The number of piperazine rings is 1. The van der Waals surface area contributed by atoms with Crippen molar-refractivity contribution in [2.24, 2.45) is 0 Å². The number of aromatic nitrogens is 3. The zero-order valence-electron chi connectivity index (χ0n) is 11.3. The van der Waals surface area contributed by atoms with Crippen LogP contribution in [0.25, 0.3) is 0 Å². The molecule has 1 fully saturated rings. The van der Waals surface area contributed by atoms with Gasteiger partial charge in [0.2, 0.25) is 0 Å². The van der Waals surface area contributed by atoms with Crippen molar-refractivity contribution < 1.29 is 5.11 Å². The number of hydrogen-bond donors (Lipinski definition) is 1. The zero-order chi connectivity index (χ0) is 13.0. The average molecular weight is 253 g/mol. The number of nitrogens with zero attached hydrogens (tertiary/aromatic N) is 5. The lowest BCUT2D eigenvalue weighted by Crippen LogP contribution is -2.46. The summed E-state index contributed by atoms with van der Waals surface area (Å²) in [6.07, 6.45) is 0. The molecular weight excluding hydrogens is 230 g/mol. The highest BCUT2D eigenvalue weighted by Gasteiger charge is 2.18. The number of β-amino-alcohol motifs (C(OH)–C–C–N with tert-alkyl or cyclic N) is 1. The first kappa shape index (κ1) is 13.5. The third-order valence-electron chi connectivity index (χ3n) is 3.57. The number of aliphatic hydroxyl groups is 1. The highest BCUT2D eigenvalue weighted by Crippen LogP contribution is 2.08. The lowest BCUT2D eigenvalue weighted by Gasteiger charge is -2.33. The molecule has 6 heteroatoms. The van der Waals surface area contributed by atoms with Crippen LogP contribution in [0.1, 0.15) is 18.6 Å². The molecule has 0 amide bonds. The van der Waals surface area contributed by atoms with Crippen LogP contribution in [0.4, 0.5) is 0 Å². The van der Waals surface area contributed by atoms with Crippen LogP contribution in [-0.2, 0) is 13.1 Å². The van der Waals surface area contributed by atoms with Crippen molar-refractivity contribution >= 4 is 0 Å². The predicted molar refractivity (Wildman–Crippen MR) is 69.2 cm³/mol. The van der Waals surface area contributed by atoms with Crippen molar-refractivity contribution in [2.45, 2.75) is 26.9 Å². The predicted octanol–water partition coefficient (Wildman–Crippen LogP) is -0.284. The van der Waals surface area contributed by atoms with Crippen LogP contribution in [0.5, 0.6) is 0 Å². The Labute approximate surface area is 108 Å². The van der Waals surface area contributed by atoms with Crippen LogP contribution in [-0.4, -0.2) is 69.0 Å². The molecule has 102 valence electrons. The van der Waals surface area contributed by atoms with E-state index in [9.17, 15) is 0 Å². The van der Waals surface area contributed by atoms with Gasteiger partial charge in [-0.05, 0) is 13.8 Å². The van der Waals surface area contributed by atoms with Crippen molar-refractivity contribution in [2.75, 3.05) is 39.3 Å². The summed E-state index contributed by atoms with van der Waals surface area (Å²) in [5, 5.41) is 17.3. The van der Waals surface area contributed by atoms with Gasteiger partial charge in [-0.15, -0.1) is 10.2 Å². The Hall–Kier alpha value is -0.980. The lowest BCUT2D eigenvalue weighted by molar-refractivity contribution is 0.106. The molecule has 6 nitrogen and oxygen atoms in total. The summed E-state index contributed by atoms with van der Waals surface area (Å²) in [7, 11) is 0. The van der Waals surface area contributed by atoms with Crippen LogP contribution in [0.2, 0.25) is 0 Å². The molecule has 0 saturated carbocycles. The molecule has 1 aliphatic heterocycles. The van der Waals surface area contributed by atoms with E-state index in [-0.39, 0.29) is 6.61 Å². The van der Waals surface area contributed by atoms with Gasteiger partial charge in [0, 0.05) is 39.3 Å². The maximum absolute atomic E-state index is 8.91. The van der Waals surface area contributed by atoms with Gasteiger partial charge in [0.25, 0.3) is 0 Å². The molecule has 0 atom stereocenters. The van der Waals surface area contributed by atoms with Gasteiger partial charge in [-0.3, -0.25) is 9.80 Å². The molecule has 1 saturated heterocycles. The van der Waals surface area contributed by atoms with Gasteiger partial charge >= 0.3 is 0 Å². The second-order valence-corrected chi connectivity index (χ2v) is 4.75. The summed E-state index contributed by atoms with van der Waals surface area (Å²) in [6.45, 7) is 11.1. The van der Waals surface area contributed by atoms with Crippen molar-refractivity contribution in [1.29, 1.82) is 0 Å². The second-order valence-electron chi connectivity index (χ2n) is 4.75. The monoisotopic (exact) mass is 253 g/mol. The fourth-order valence-corrected chi connectivity index (χ4v) is 2.47. The van der Waals surface area contributed by atoms with Crippen LogP contribution < -0.4 is 0 Å². The van der Waals surface area contributed by atoms with E-state index in [2.05, 4.69) is 31.5 Å². The minimum Gasteiger partial charge on any atom is -0.395 e. The Balaban J connectivity index is 1.87. The van der Waals surface area contributed by atoms with E-state index >= 15 is 0 Å². The van der Waals surface area contributed by atoms with Crippen LogP contribution in [0.15, 0.2) is 0 Å². The smallest absolute Gasteiger partial charge is 0.147 e. The first-order valence-electron chi connectivity index (χ1n) is 6.68. The fraction of sp³-hybridized carbons (Fsp3) is 0.833. The van der Waals surface area contributed by atoms with Gasteiger partial charge in [-0.1, -0.05) is 0 Å². The highest BCUT2D eigenvalue weighted by molar-refractivity contribution is 4.94. The summed E-state index contributed by atoms with van der Waals surface area (Å²) in [4.78, 5) is 4.70. The van der Waals surface area contributed by atoms with Crippen molar-refractivity contribution in [3.63, 3.8) is 0 Å². The molecule has 1 aliphatic rings. The second kappa shape index (κ2) is 6.26. The molecular formula is C12H23N5O. The fourth-order valence-electron chi connectivity index (χ4n) is 2.47. The maximum atomic E-state index is 8.91. The van der Waals surface area contributed by atoms with E-state index in [1.165, 1.54) is 0 Å². The van der Waals surface area contributed by atoms with E-state index in [0.29, 0.717) is 0 Å². The van der Waals surface area contributed by atoms with Crippen LogP contribution >= 0.6 is 0 Å². The normalized spacial score (nSPS) is 18.4. The molecule has 1 N–H and O–H groups in total. The summed E-state index contributed by atoms with van der Waals surface area (Å²) in [6, 6.07) is 0. The van der Waals surface area contributed by atoms with Gasteiger partial charge in [-0.25, -0.2) is 0 Å². The zero-order valence-corrected chi connectivity index (χ0v) is 11.3. The summed E-state index contributed by atoms with van der Waals surface area (Å²) in [5.41, 5.74) is 0. The number of aliphatic hydroxyl groups excluding tert-OH is 1. The average Bonchev–Trinajstić information content (AvgIpc) is 2.72. The van der Waals surface area contributed by atoms with Crippen molar-refractivity contribution in [1.82, 2.24) is 24.6 Å². The third-order valence-corrected chi connectivity index (χ3v) is 3.57. The van der Waals surface area contributed by atoms with Crippen molar-refractivity contribution in [3.05, 3.63) is 11.6 Å². The molecule has 2 heterocycles. The lowest BCUT2D eigenvalue weighted by atomic mass is 10.3. The molecule has 0 aromatic carbocycles. The number of hydrogen-bond acceptors (Lipinski definition) is 5. The van der Waals surface area contributed by atoms with Gasteiger partial charge in [0.05, 0.1) is 13.2 Å². The molecule has 1 aromatic heterocycles. The summed E-state index contributed by atoms with van der Waals surface area (Å²) >= 11 is 0. The standard InChI is InChI=1S/C12H23N5O/c1-3-17-11(2)13-14-12(17)10-16-6-4-15(5-7-16)8-9-18/h18H,3-10H2,1-2H3. The molecule has 18 heavy (non-hydrogen) atoms.